The highest BCUT2D eigenvalue weighted by Crippen LogP contribution is 2.18. The Morgan fingerprint density at radius 1 is 1.16 bits per heavy atom. The van der Waals surface area contributed by atoms with Gasteiger partial charge in [0.1, 0.15) is 10.7 Å². The number of aromatic nitrogens is 2. The molecule has 0 radical (unpaired) electrons. The molecule has 8 heteroatoms. The fourth-order valence-corrected chi connectivity index (χ4v) is 3.98. The van der Waals surface area contributed by atoms with Gasteiger partial charge in [-0.3, -0.25) is 4.98 Å². The molecule has 3 rings (SSSR count). The van der Waals surface area contributed by atoms with Crippen molar-refractivity contribution in [1.82, 2.24) is 14.3 Å². The average Bonchev–Trinajstić information content (AvgIpc) is 2.68. The average molecular weight is 362 g/mol. The van der Waals surface area contributed by atoms with Gasteiger partial charge in [0, 0.05) is 51.2 Å². The normalized spacial score (nSPS) is 15.9. The summed E-state index contributed by atoms with van der Waals surface area (Å²) in [4.78, 5) is 10.8. The molecule has 2 aromatic heterocycles. The lowest BCUT2D eigenvalue weighted by Crippen LogP contribution is -2.40. The second-order valence-corrected chi connectivity index (χ2v) is 7.80. The Morgan fingerprint density at radius 3 is 2.60 bits per heavy atom. The lowest BCUT2D eigenvalue weighted by Gasteiger charge is -2.26. The SMILES string of the molecule is CN(CCc1ccccn1)c1ccc(S(=O)(=O)N2CCOCC2)cn1. The van der Waals surface area contributed by atoms with Gasteiger partial charge in [0.25, 0.3) is 0 Å². The van der Waals surface area contributed by atoms with Crippen LogP contribution < -0.4 is 4.90 Å². The van der Waals surface area contributed by atoms with E-state index in [-0.39, 0.29) is 4.90 Å². The molecule has 2 aromatic rings. The van der Waals surface area contributed by atoms with Crippen molar-refractivity contribution in [3.8, 4) is 0 Å². The molecule has 0 aliphatic carbocycles. The lowest BCUT2D eigenvalue weighted by molar-refractivity contribution is 0.0730. The van der Waals surface area contributed by atoms with Crippen LogP contribution in [0.3, 0.4) is 0 Å². The number of likely N-dealkylation sites (N-methyl/N-ethyl adjacent to an activating group) is 1. The smallest absolute Gasteiger partial charge is 0.244 e. The van der Waals surface area contributed by atoms with Crippen LogP contribution in [0.2, 0.25) is 0 Å². The zero-order valence-corrected chi connectivity index (χ0v) is 15.0. The number of nitrogens with zero attached hydrogens (tertiary/aromatic N) is 4. The molecule has 0 amide bonds. The molecule has 0 N–H and O–H groups in total. The quantitative estimate of drug-likeness (QED) is 0.768. The Kier molecular flexibility index (Phi) is 5.62. The third-order valence-electron chi connectivity index (χ3n) is 4.15. The van der Waals surface area contributed by atoms with E-state index < -0.39 is 10.0 Å². The highest BCUT2D eigenvalue weighted by molar-refractivity contribution is 7.89. The molecule has 0 spiro atoms. The van der Waals surface area contributed by atoms with Crippen molar-refractivity contribution in [3.63, 3.8) is 0 Å². The summed E-state index contributed by atoms with van der Waals surface area (Å²) in [5.74, 6) is 0.733. The van der Waals surface area contributed by atoms with Crippen LogP contribution in [0, 0.1) is 0 Å². The number of hydrogen-bond acceptors (Lipinski definition) is 6. The summed E-state index contributed by atoms with van der Waals surface area (Å²) in [5.41, 5.74) is 1.01. The van der Waals surface area contributed by atoms with Gasteiger partial charge in [-0.15, -0.1) is 0 Å². The van der Waals surface area contributed by atoms with E-state index in [4.69, 9.17) is 4.74 Å². The summed E-state index contributed by atoms with van der Waals surface area (Å²) in [7, 11) is -1.57. The molecular weight excluding hydrogens is 340 g/mol. The second-order valence-electron chi connectivity index (χ2n) is 5.86. The number of hydrogen-bond donors (Lipinski definition) is 0. The summed E-state index contributed by atoms with van der Waals surface area (Å²) in [5, 5.41) is 0. The van der Waals surface area contributed by atoms with Gasteiger partial charge in [0.2, 0.25) is 10.0 Å². The molecule has 0 aromatic carbocycles. The van der Waals surface area contributed by atoms with Crippen molar-refractivity contribution in [2.45, 2.75) is 11.3 Å². The van der Waals surface area contributed by atoms with Gasteiger partial charge in [0.15, 0.2) is 0 Å². The molecule has 134 valence electrons. The van der Waals surface area contributed by atoms with E-state index in [0.29, 0.717) is 26.3 Å². The third kappa shape index (κ3) is 4.33. The van der Waals surface area contributed by atoms with E-state index in [9.17, 15) is 8.42 Å². The first kappa shape index (κ1) is 17.8. The molecule has 0 unspecified atom stereocenters. The Morgan fingerprint density at radius 2 is 1.96 bits per heavy atom. The minimum atomic E-state index is -3.50. The van der Waals surface area contributed by atoms with E-state index in [1.54, 1.807) is 18.3 Å². The highest BCUT2D eigenvalue weighted by Gasteiger charge is 2.26. The molecule has 25 heavy (non-hydrogen) atoms. The van der Waals surface area contributed by atoms with E-state index >= 15 is 0 Å². The molecule has 0 atom stereocenters. The van der Waals surface area contributed by atoms with Crippen LogP contribution in [0.4, 0.5) is 5.82 Å². The summed E-state index contributed by atoms with van der Waals surface area (Å²) in [6.45, 7) is 2.38. The summed E-state index contributed by atoms with van der Waals surface area (Å²) < 4.78 is 31.8. The monoisotopic (exact) mass is 362 g/mol. The van der Waals surface area contributed by atoms with Crippen LogP contribution in [0.15, 0.2) is 47.6 Å². The van der Waals surface area contributed by atoms with Crippen molar-refractivity contribution in [1.29, 1.82) is 0 Å². The summed E-state index contributed by atoms with van der Waals surface area (Å²) in [6.07, 6.45) is 4.00. The highest BCUT2D eigenvalue weighted by atomic mass is 32.2. The van der Waals surface area contributed by atoms with Crippen molar-refractivity contribution >= 4 is 15.8 Å². The zero-order chi connectivity index (χ0) is 17.7. The number of rotatable bonds is 6. The number of morpholine rings is 1. The summed E-state index contributed by atoms with van der Waals surface area (Å²) in [6, 6.07) is 9.20. The second kappa shape index (κ2) is 7.90. The van der Waals surface area contributed by atoms with Gasteiger partial charge in [0.05, 0.1) is 13.2 Å². The minimum Gasteiger partial charge on any atom is -0.379 e. The van der Waals surface area contributed by atoms with Crippen molar-refractivity contribution in [2.24, 2.45) is 0 Å². The van der Waals surface area contributed by atoms with Gasteiger partial charge in [-0.05, 0) is 24.3 Å². The van der Waals surface area contributed by atoms with Gasteiger partial charge in [-0.1, -0.05) is 6.07 Å². The van der Waals surface area contributed by atoms with Crippen LogP contribution in [0.1, 0.15) is 5.69 Å². The molecule has 1 aliphatic rings. The molecular formula is C17H22N4O3S. The fourth-order valence-electron chi connectivity index (χ4n) is 2.63. The molecule has 0 bridgehead atoms. The van der Waals surface area contributed by atoms with Crippen LogP contribution in [-0.4, -0.2) is 62.6 Å². The Balaban J connectivity index is 1.65. The maximum Gasteiger partial charge on any atom is 0.244 e. The van der Waals surface area contributed by atoms with Crippen LogP contribution in [-0.2, 0) is 21.2 Å². The van der Waals surface area contributed by atoms with E-state index in [1.807, 2.05) is 30.1 Å². The maximum atomic E-state index is 12.6. The molecule has 1 aliphatic heterocycles. The lowest BCUT2D eigenvalue weighted by atomic mass is 10.2. The predicted molar refractivity (Wildman–Crippen MR) is 95.0 cm³/mol. The molecule has 1 fully saturated rings. The van der Waals surface area contributed by atoms with Crippen molar-refractivity contribution in [2.75, 3.05) is 44.8 Å². The minimum absolute atomic E-state index is 0.219. The van der Waals surface area contributed by atoms with Gasteiger partial charge < -0.3 is 9.64 Å². The predicted octanol–water partition coefficient (Wildman–Crippen LogP) is 1.18. The molecule has 0 saturated carbocycles. The van der Waals surface area contributed by atoms with E-state index in [1.165, 1.54) is 10.5 Å². The Labute approximate surface area is 148 Å². The Bertz CT molecular complexity index is 775. The molecule has 3 heterocycles. The number of pyridine rings is 2. The van der Waals surface area contributed by atoms with Gasteiger partial charge >= 0.3 is 0 Å². The van der Waals surface area contributed by atoms with Crippen molar-refractivity contribution < 1.29 is 13.2 Å². The number of sulfonamides is 1. The summed E-state index contributed by atoms with van der Waals surface area (Å²) >= 11 is 0. The first-order valence-electron chi connectivity index (χ1n) is 8.22. The fraction of sp³-hybridized carbons (Fsp3) is 0.412. The molecule has 1 saturated heterocycles. The topological polar surface area (TPSA) is 75.6 Å². The van der Waals surface area contributed by atoms with Crippen LogP contribution in [0.5, 0.6) is 0 Å². The van der Waals surface area contributed by atoms with Gasteiger partial charge in [-0.2, -0.15) is 4.31 Å². The standard InChI is InChI=1S/C17H22N4O3S/c1-20(9-7-15-4-2-3-8-18-15)17-6-5-16(14-19-17)25(22,23)21-10-12-24-13-11-21/h2-6,8,14H,7,9-13H2,1H3. The maximum absolute atomic E-state index is 12.6. The van der Waals surface area contributed by atoms with E-state index in [0.717, 1.165) is 24.5 Å². The van der Waals surface area contributed by atoms with Crippen LogP contribution in [0.25, 0.3) is 0 Å². The van der Waals surface area contributed by atoms with Crippen molar-refractivity contribution in [3.05, 3.63) is 48.4 Å². The van der Waals surface area contributed by atoms with Crippen LogP contribution >= 0.6 is 0 Å². The number of ether oxygens (including phenoxy) is 1. The third-order valence-corrected chi connectivity index (χ3v) is 6.03. The number of anilines is 1. The first-order valence-corrected chi connectivity index (χ1v) is 9.66. The van der Waals surface area contributed by atoms with Gasteiger partial charge in [-0.25, -0.2) is 13.4 Å². The first-order chi connectivity index (χ1) is 12.1. The largest absolute Gasteiger partial charge is 0.379 e. The Hall–Kier alpha value is -2.03. The van der Waals surface area contributed by atoms with E-state index in [2.05, 4.69) is 9.97 Å². The zero-order valence-electron chi connectivity index (χ0n) is 14.2. The molecule has 7 nitrogen and oxygen atoms in total.